The lowest BCUT2D eigenvalue weighted by atomic mass is 9.87. The van der Waals surface area contributed by atoms with E-state index in [1.165, 1.54) is 12.1 Å². The van der Waals surface area contributed by atoms with Gasteiger partial charge in [0.1, 0.15) is 0 Å². The minimum atomic E-state index is -4.35. The van der Waals surface area contributed by atoms with E-state index in [0.29, 0.717) is 24.9 Å². The van der Waals surface area contributed by atoms with Crippen LogP contribution in [0, 0.1) is 0 Å². The molecule has 0 saturated heterocycles. The van der Waals surface area contributed by atoms with Gasteiger partial charge in [0.25, 0.3) is 0 Å². The van der Waals surface area contributed by atoms with E-state index in [4.69, 9.17) is 5.73 Å². The molecule has 1 aliphatic heterocycles. The summed E-state index contributed by atoms with van der Waals surface area (Å²) in [7, 11) is 0. The predicted molar refractivity (Wildman–Crippen MR) is 61.2 cm³/mol. The lowest BCUT2D eigenvalue weighted by molar-refractivity contribution is -0.138. The van der Waals surface area contributed by atoms with Crippen LogP contribution >= 0.6 is 0 Å². The molecule has 0 spiro atoms. The summed E-state index contributed by atoms with van der Waals surface area (Å²) in [6, 6.07) is 4.03. The molecule has 2 N–H and O–H groups in total. The van der Waals surface area contributed by atoms with Crippen molar-refractivity contribution >= 4 is 11.9 Å². The number of halogens is 3. The summed E-state index contributed by atoms with van der Waals surface area (Å²) in [6.07, 6.45) is -1.43. The Kier molecular flexibility index (Phi) is 3.09. The van der Waals surface area contributed by atoms with Crippen molar-refractivity contribution in [1.29, 1.82) is 0 Å². The normalized spacial score (nSPS) is 20.5. The number of alkyl halides is 3. The van der Waals surface area contributed by atoms with Crippen LogP contribution in [0.1, 0.15) is 29.9 Å². The van der Waals surface area contributed by atoms with E-state index in [-0.39, 0.29) is 11.6 Å². The highest BCUT2D eigenvalue weighted by atomic mass is 19.4. The first-order valence-electron chi connectivity index (χ1n) is 5.43. The van der Waals surface area contributed by atoms with Crippen LogP contribution < -0.4 is 5.73 Å². The van der Waals surface area contributed by atoms with Crippen LogP contribution in [0.3, 0.4) is 0 Å². The molecule has 92 valence electrons. The Hall–Kier alpha value is -1.52. The summed E-state index contributed by atoms with van der Waals surface area (Å²) in [5.41, 5.74) is 5.29. The van der Waals surface area contributed by atoms with E-state index in [1.807, 2.05) is 0 Å². The minimum Gasteiger partial charge on any atom is -0.399 e. The lowest BCUT2D eigenvalue weighted by Crippen LogP contribution is -2.15. The van der Waals surface area contributed by atoms with E-state index in [2.05, 4.69) is 4.99 Å². The fraction of sp³-hybridized carbons (Fsp3) is 0.417. The van der Waals surface area contributed by atoms with Crippen molar-refractivity contribution in [3.8, 4) is 0 Å². The zero-order valence-corrected chi connectivity index (χ0v) is 9.17. The molecule has 0 amide bonds. The van der Waals surface area contributed by atoms with Crippen molar-refractivity contribution in [1.82, 2.24) is 0 Å². The Balaban J connectivity index is 2.42. The topological polar surface area (TPSA) is 38.4 Å². The number of anilines is 1. The Morgan fingerprint density at radius 2 is 2.06 bits per heavy atom. The van der Waals surface area contributed by atoms with E-state index in [9.17, 15) is 13.2 Å². The van der Waals surface area contributed by atoms with Crippen molar-refractivity contribution in [3.05, 3.63) is 29.3 Å². The molecule has 1 aliphatic rings. The number of nitrogens with two attached hydrogens (primary N) is 1. The fourth-order valence-corrected chi connectivity index (χ4v) is 2.10. The van der Waals surface area contributed by atoms with Gasteiger partial charge in [0.05, 0.1) is 5.56 Å². The average Bonchev–Trinajstić information content (AvgIpc) is 2.29. The standard InChI is InChI=1S/C12H13F3N2/c13-12(14,15)11-7-9(16)1-2-10(11)8-3-5-17-6-4-8/h1-2,5,7-8H,3-4,6,16H2. The van der Waals surface area contributed by atoms with Crippen molar-refractivity contribution in [2.45, 2.75) is 24.9 Å². The Labute approximate surface area is 97.3 Å². The first kappa shape index (κ1) is 12.0. The van der Waals surface area contributed by atoms with Gasteiger partial charge in [-0.1, -0.05) is 6.07 Å². The number of nitrogens with zero attached hydrogens (tertiary/aromatic N) is 1. The Bertz CT molecular complexity index is 438. The van der Waals surface area contributed by atoms with Gasteiger partial charge in [0.15, 0.2) is 0 Å². The van der Waals surface area contributed by atoms with Crippen molar-refractivity contribution in [2.75, 3.05) is 12.3 Å². The largest absolute Gasteiger partial charge is 0.416 e. The monoisotopic (exact) mass is 242 g/mol. The summed E-state index contributed by atoms with van der Waals surface area (Å²) in [5, 5.41) is 0. The van der Waals surface area contributed by atoms with Gasteiger partial charge in [-0.2, -0.15) is 13.2 Å². The highest BCUT2D eigenvalue weighted by molar-refractivity contribution is 5.61. The highest BCUT2D eigenvalue weighted by Gasteiger charge is 2.35. The summed E-state index contributed by atoms with van der Waals surface area (Å²) in [5.74, 6) is -0.107. The number of benzene rings is 1. The van der Waals surface area contributed by atoms with Crippen LogP contribution in [0.4, 0.5) is 18.9 Å². The maximum absolute atomic E-state index is 12.9. The van der Waals surface area contributed by atoms with Crippen LogP contribution in [0.2, 0.25) is 0 Å². The molecule has 5 heteroatoms. The highest BCUT2D eigenvalue weighted by Crippen LogP contribution is 2.38. The van der Waals surface area contributed by atoms with Crippen LogP contribution in [0.5, 0.6) is 0 Å². The molecule has 1 aromatic carbocycles. The second kappa shape index (κ2) is 4.39. The van der Waals surface area contributed by atoms with Crippen molar-refractivity contribution in [2.24, 2.45) is 4.99 Å². The minimum absolute atomic E-state index is 0.107. The molecular formula is C12H13F3N2. The first-order chi connectivity index (χ1) is 7.98. The Morgan fingerprint density at radius 1 is 1.29 bits per heavy atom. The maximum Gasteiger partial charge on any atom is 0.416 e. The van der Waals surface area contributed by atoms with E-state index >= 15 is 0 Å². The number of hydrogen-bond acceptors (Lipinski definition) is 2. The molecule has 1 heterocycles. The first-order valence-corrected chi connectivity index (χ1v) is 5.43. The summed E-state index contributed by atoms with van der Waals surface area (Å²) in [4.78, 5) is 4.03. The third kappa shape index (κ3) is 2.60. The molecule has 0 radical (unpaired) electrons. The third-order valence-electron chi connectivity index (χ3n) is 2.95. The van der Waals surface area contributed by atoms with Crippen LogP contribution in [-0.4, -0.2) is 12.8 Å². The molecule has 0 fully saturated rings. The van der Waals surface area contributed by atoms with Gasteiger partial charge in [-0.25, -0.2) is 0 Å². The molecule has 1 atom stereocenters. The fourth-order valence-electron chi connectivity index (χ4n) is 2.10. The molecule has 0 aromatic heterocycles. The molecule has 0 saturated carbocycles. The number of rotatable bonds is 1. The molecule has 0 aliphatic carbocycles. The zero-order valence-electron chi connectivity index (χ0n) is 9.17. The zero-order chi connectivity index (χ0) is 12.5. The van der Waals surface area contributed by atoms with Crippen LogP contribution in [0.15, 0.2) is 23.2 Å². The number of aliphatic imine (C=N–C) groups is 1. The molecule has 0 bridgehead atoms. The van der Waals surface area contributed by atoms with Crippen molar-refractivity contribution < 1.29 is 13.2 Å². The second-order valence-corrected chi connectivity index (χ2v) is 4.15. The molecule has 1 aromatic rings. The number of hydrogen-bond donors (Lipinski definition) is 1. The smallest absolute Gasteiger partial charge is 0.399 e. The molecular weight excluding hydrogens is 229 g/mol. The predicted octanol–water partition coefficient (Wildman–Crippen LogP) is 3.24. The van der Waals surface area contributed by atoms with Gasteiger partial charge in [-0.05, 0) is 42.7 Å². The van der Waals surface area contributed by atoms with Gasteiger partial charge >= 0.3 is 6.18 Å². The summed E-state index contributed by atoms with van der Waals surface area (Å²) in [6.45, 7) is 0.590. The van der Waals surface area contributed by atoms with E-state index in [0.717, 1.165) is 6.07 Å². The van der Waals surface area contributed by atoms with Gasteiger partial charge in [-0.3, -0.25) is 4.99 Å². The quantitative estimate of drug-likeness (QED) is 0.754. The Morgan fingerprint density at radius 3 is 2.65 bits per heavy atom. The van der Waals surface area contributed by atoms with E-state index in [1.54, 1.807) is 6.21 Å². The molecule has 1 unspecified atom stereocenters. The molecule has 2 rings (SSSR count). The SMILES string of the molecule is Nc1ccc(C2CC=NCC2)c(C(F)(F)F)c1. The van der Waals surface area contributed by atoms with Crippen LogP contribution in [0.25, 0.3) is 0 Å². The molecule has 2 nitrogen and oxygen atoms in total. The van der Waals surface area contributed by atoms with Crippen LogP contribution in [-0.2, 0) is 6.18 Å². The number of nitrogen functional groups attached to an aromatic ring is 1. The van der Waals surface area contributed by atoms with Gasteiger partial charge in [0, 0.05) is 12.2 Å². The van der Waals surface area contributed by atoms with Gasteiger partial charge in [0.2, 0.25) is 0 Å². The second-order valence-electron chi connectivity index (χ2n) is 4.15. The van der Waals surface area contributed by atoms with Gasteiger partial charge < -0.3 is 5.73 Å². The summed E-state index contributed by atoms with van der Waals surface area (Å²) < 4.78 is 38.7. The molecule has 17 heavy (non-hydrogen) atoms. The van der Waals surface area contributed by atoms with E-state index < -0.39 is 11.7 Å². The average molecular weight is 242 g/mol. The van der Waals surface area contributed by atoms with Gasteiger partial charge in [-0.15, -0.1) is 0 Å². The third-order valence-corrected chi connectivity index (χ3v) is 2.95. The maximum atomic E-state index is 12.9. The summed E-state index contributed by atoms with van der Waals surface area (Å²) >= 11 is 0. The van der Waals surface area contributed by atoms with Crippen molar-refractivity contribution in [3.63, 3.8) is 0 Å². The lowest BCUT2D eigenvalue weighted by Gasteiger charge is -2.22.